The van der Waals surface area contributed by atoms with Crippen LogP contribution in [0.25, 0.3) is 0 Å². The van der Waals surface area contributed by atoms with Crippen LogP contribution in [0, 0.1) is 19.8 Å². The summed E-state index contributed by atoms with van der Waals surface area (Å²) in [5, 5.41) is 11.0. The van der Waals surface area contributed by atoms with Crippen molar-refractivity contribution < 1.29 is 9.84 Å². The Hall–Kier alpha value is -1.02. The second kappa shape index (κ2) is 4.93. The number of rotatable bonds is 2. The fourth-order valence-electron chi connectivity index (χ4n) is 3.21. The number of ether oxygens (including phenoxy) is 1. The van der Waals surface area contributed by atoms with Crippen LogP contribution < -0.4 is 4.74 Å². The number of aliphatic hydroxyl groups is 1. The highest BCUT2D eigenvalue weighted by Crippen LogP contribution is 2.43. The van der Waals surface area contributed by atoms with Gasteiger partial charge >= 0.3 is 0 Å². The Kier molecular flexibility index (Phi) is 3.67. The van der Waals surface area contributed by atoms with Crippen molar-refractivity contribution in [2.45, 2.75) is 52.1 Å². The predicted molar refractivity (Wildman–Crippen MR) is 74.0 cm³/mol. The SMILES string of the molecule is COc1cc(C)c(C2(O)CCCCC2C)cc1C. The van der Waals surface area contributed by atoms with Gasteiger partial charge in [0.2, 0.25) is 0 Å². The Balaban J connectivity index is 2.46. The summed E-state index contributed by atoms with van der Waals surface area (Å²) in [6, 6.07) is 4.15. The summed E-state index contributed by atoms with van der Waals surface area (Å²) >= 11 is 0. The molecule has 1 aliphatic carbocycles. The third-order valence-electron chi connectivity index (χ3n) is 4.47. The molecule has 1 N–H and O–H groups in total. The second-order valence-electron chi connectivity index (χ2n) is 5.71. The molecule has 0 saturated heterocycles. The average molecular weight is 248 g/mol. The fourth-order valence-corrected chi connectivity index (χ4v) is 3.21. The van der Waals surface area contributed by atoms with E-state index in [-0.39, 0.29) is 0 Å². The summed E-state index contributed by atoms with van der Waals surface area (Å²) in [4.78, 5) is 0. The van der Waals surface area contributed by atoms with E-state index in [9.17, 15) is 5.11 Å². The highest BCUT2D eigenvalue weighted by atomic mass is 16.5. The van der Waals surface area contributed by atoms with Crippen LogP contribution in [-0.2, 0) is 5.60 Å². The van der Waals surface area contributed by atoms with E-state index >= 15 is 0 Å². The van der Waals surface area contributed by atoms with E-state index in [1.54, 1.807) is 7.11 Å². The summed E-state index contributed by atoms with van der Waals surface area (Å²) in [5.41, 5.74) is 2.67. The van der Waals surface area contributed by atoms with E-state index < -0.39 is 5.60 Å². The van der Waals surface area contributed by atoms with Gasteiger partial charge in [0, 0.05) is 0 Å². The molecular weight excluding hydrogens is 224 g/mol. The van der Waals surface area contributed by atoms with E-state index in [1.165, 1.54) is 6.42 Å². The Morgan fingerprint density at radius 3 is 2.56 bits per heavy atom. The van der Waals surface area contributed by atoms with Crippen molar-refractivity contribution in [3.05, 3.63) is 28.8 Å². The quantitative estimate of drug-likeness (QED) is 0.864. The first-order valence-corrected chi connectivity index (χ1v) is 6.87. The van der Waals surface area contributed by atoms with Gasteiger partial charge in [-0.1, -0.05) is 19.8 Å². The molecular formula is C16H24O2. The molecule has 0 aliphatic heterocycles. The minimum atomic E-state index is -0.653. The third kappa shape index (κ3) is 2.14. The predicted octanol–water partition coefficient (Wildman–Crippen LogP) is 3.71. The number of hydrogen-bond donors (Lipinski definition) is 1. The molecule has 2 heteroatoms. The molecule has 18 heavy (non-hydrogen) atoms. The summed E-state index contributed by atoms with van der Waals surface area (Å²) in [7, 11) is 1.69. The van der Waals surface area contributed by atoms with Crippen molar-refractivity contribution in [1.29, 1.82) is 0 Å². The zero-order chi connectivity index (χ0) is 13.3. The van der Waals surface area contributed by atoms with Gasteiger partial charge in [-0.3, -0.25) is 0 Å². The number of hydrogen-bond acceptors (Lipinski definition) is 2. The molecule has 1 aromatic rings. The van der Waals surface area contributed by atoms with Gasteiger partial charge in [-0.15, -0.1) is 0 Å². The Labute approximate surface area is 110 Å². The van der Waals surface area contributed by atoms with Gasteiger partial charge in [0.25, 0.3) is 0 Å². The Morgan fingerprint density at radius 2 is 1.94 bits per heavy atom. The molecule has 2 unspecified atom stereocenters. The lowest BCUT2D eigenvalue weighted by atomic mass is 9.71. The first-order chi connectivity index (χ1) is 8.49. The summed E-state index contributed by atoms with van der Waals surface area (Å²) < 4.78 is 5.35. The van der Waals surface area contributed by atoms with E-state index in [0.717, 1.165) is 41.7 Å². The van der Waals surface area contributed by atoms with Gasteiger partial charge in [0.15, 0.2) is 0 Å². The lowest BCUT2D eigenvalue weighted by Crippen LogP contribution is -2.37. The van der Waals surface area contributed by atoms with Crippen LogP contribution in [0.15, 0.2) is 12.1 Å². The molecule has 0 amide bonds. The molecule has 1 saturated carbocycles. The Morgan fingerprint density at radius 1 is 1.22 bits per heavy atom. The number of benzene rings is 1. The largest absolute Gasteiger partial charge is 0.496 e. The number of methoxy groups -OCH3 is 1. The van der Waals surface area contributed by atoms with Crippen molar-refractivity contribution in [3.63, 3.8) is 0 Å². The molecule has 1 aliphatic rings. The molecule has 100 valence electrons. The van der Waals surface area contributed by atoms with Crippen molar-refractivity contribution >= 4 is 0 Å². The molecule has 2 nitrogen and oxygen atoms in total. The Bertz CT molecular complexity index is 439. The van der Waals surface area contributed by atoms with Crippen LogP contribution in [0.3, 0.4) is 0 Å². The first kappa shape index (κ1) is 13.4. The minimum absolute atomic E-state index is 0.331. The lowest BCUT2D eigenvalue weighted by molar-refractivity contribution is -0.0475. The van der Waals surface area contributed by atoms with Crippen LogP contribution >= 0.6 is 0 Å². The first-order valence-electron chi connectivity index (χ1n) is 6.87. The standard InChI is InChI=1S/C16H24O2/c1-11-10-15(18-4)12(2)9-14(11)16(17)8-6-5-7-13(16)3/h9-10,13,17H,5-8H2,1-4H3. The molecule has 2 atom stereocenters. The summed E-state index contributed by atoms with van der Waals surface area (Å²) in [6.07, 6.45) is 4.34. The van der Waals surface area contributed by atoms with Gasteiger partial charge < -0.3 is 9.84 Å². The maximum absolute atomic E-state index is 11.0. The summed E-state index contributed by atoms with van der Waals surface area (Å²) in [5.74, 6) is 1.24. The normalized spacial score (nSPS) is 28.2. The van der Waals surface area contributed by atoms with E-state index in [2.05, 4.69) is 19.9 Å². The zero-order valence-electron chi connectivity index (χ0n) is 11.9. The minimum Gasteiger partial charge on any atom is -0.496 e. The fraction of sp³-hybridized carbons (Fsp3) is 0.625. The van der Waals surface area contributed by atoms with E-state index in [4.69, 9.17) is 4.74 Å². The lowest BCUT2D eigenvalue weighted by Gasteiger charge is -2.39. The van der Waals surface area contributed by atoms with Crippen molar-refractivity contribution in [3.8, 4) is 5.75 Å². The van der Waals surface area contributed by atoms with Gasteiger partial charge in [0.1, 0.15) is 5.75 Å². The monoisotopic (exact) mass is 248 g/mol. The molecule has 0 spiro atoms. The molecule has 2 rings (SSSR count). The van der Waals surface area contributed by atoms with E-state index in [0.29, 0.717) is 5.92 Å². The van der Waals surface area contributed by atoms with Crippen molar-refractivity contribution in [2.24, 2.45) is 5.92 Å². The third-order valence-corrected chi connectivity index (χ3v) is 4.47. The van der Waals surface area contributed by atoms with Crippen molar-refractivity contribution in [1.82, 2.24) is 0 Å². The maximum Gasteiger partial charge on any atom is 0.122 e. The van der Waals surface area contributed by atoms with E-state index in [1.807, 2.05) is 13.0 Å². The van der Waals surface area contributed by atoms with Crippen LogP contribution in [0.5, 0.6) is 5.75 Å². The molecule has 0 aromatic heterocycles. The molecule has 0 radical (unpaired) electrons. The zero-order valence-corrected chi connectivity index (χ0v) is 11.9. The highest BCUT2D eigenvalue weighted by molar-refractivity contribution is 5.44. The average Bonchev–Trinajstić information content (AvgIpc) is 2.35. The molecule has 1 fully saturated rings. The highest BCUT2D eigenvalue weighted by Gasteiger charge is 2.38. The topological polar surface area (TPSA) is 29.5 Å². The smallest absolute Gasteiger partial charge is 0.122 e. The maximum atomic E-state index is 11.0. The molecule has 1 aromatic carbocycles. The van der Waals surface area contributed by atoms with Gasteiger partial charge in [-0.05, 0) is 61.4 Å². The summed E-state index contributed by atoms with van der Waals surface area (Å²) in [6.45, 7) is 6.27. The van der Waals surface area contributed by atoms with Crippen LogP contribution in [0.2, 0.25) is 0 Å². The molecule has 0 heterocycles. The van der Waals surface area contributed by atoms with Crippen LogP contribution in [0.1, 0.15) is 49.3 Å². The molecule has 0 bridgehead atoms. The van der Waals surface area contributed by atoms with Gasteiger partial charge in [-0.2, -0.15) is 0 Å². The second-order valence-corrected chi connectivity index (χ2v) is 5.71. The van der Waals surface area contributed by atoms with Gasteiger partial charge in [0.05, 0.1) is 12.7 Å². The van der Waals surface area contributed by atoms with Gasteiger partial charge in [-0.25, -0.2) is 0 Å². The van der Waals surface area contributed by atoms with Crippen molar-refractivity contribution in [2.75, 3.05) is 7.11 Å². The van der Waals surface area contributed by atoms with Crippen LogP contribution in [-0.4, -0.2) is 12.2 Å². The number of aryl methyl sites for hydroxylation is 2. The van der Waals surface area contributed by atoms with Crippen LogP contribution in [0.4, 0.5) is 0 Å².